The molecule has 1 nitrogen and oxygen atoms in total. The Morgan fingerprint density at radius 1 is 0.826 bits per heavy atom. The second-order valence-electron chi connectivity index (χ2n) is 9.54. The van der Waals surface area contributed by atoms with Gasteiger partial charge in [0, 0.05) is 18.8 Å². The number of hydrogen-bond acceptors (Lipinski definition) is 1. The van der Waals surface area contributed by atoms with Crippen LogP contribution in [0.4, 0.5) is 0 Å². The van der Waals surface area contributed by atoms with E-state index in [0.29, 0.717) is 10.8 Å². The van der Waals surface area contributed by atoms with Crippen molar-refractivity contribution in [3.63, 3.8) is 0 Å². The second-order valence-corrected chi connectivity index (χ2v) is 13.7. The fourth-order valence-electron chi connectivity index (χ4n) is 5.42. The van der Waals surface area contributed by atoms with Crippen LogP contribution in [0.5, 0.6) is 0 Å². The van der Waals surface area contributed by atoms with Gasteiger partial charge in [-0.3, -0.25) is 0 Å². The largest absolute Gasteiger partial charge is 0.372 e. The lowest BCUT2D eigenvalue weighted by Gasteiger charge is -2.49. The van der Waals surface area contributed by atoms with E-state index in [1.165, 1.54) is 24.9 Å². The van der Waals surface area contributed by atoms with Crippen molar-refractivity contribution in [1.82, 2.24) is 4.90 Å². The van der Waals surface area contributed by atoms with Crippen molar-refractivity contribution in [2.45, 2.75) is 87.2 Å². The second kappa shape index (κ2) is 6.09. The standard InChI is InChI=1S/C21H39NSi/c1-10-16-17(22(11-2)12-3)19(21(7,8)9)23(14-13-15-23)18(16)20(4,5)6/h10-15H2,1-9H3. The summed E-state index contributed by atoms with van der Waals surface area (Å²) >= 11 is 0. The van der Waals surface area contributed by atoms with Crippen molar-refractivity contribution < 1.29 is 0 Å². The van der Waals surface area contributed by atoms with Crippen LogP contribution >= 0.6 is 0 Å². The molecular weight excluding hydrogens is 294 g/mol. The average Bonchev–Trinajstić information content (AvgIpc) is 2.71. The van der Waals surface area contributed by atoms with E-state index in [0.717, 1.165) is 13.1 Å². The zero-order valence-corrected chi connectivity index (χ0v) is 18.2. The predicted octanol–water partition coefficient (Wildman–Crippen LogP) is 6.33. The average molecular weight is 334 g/mol. The lowest BCUT2D eigenvalue weighted by molar-refractivity contribution is 0.372. The van der Waals surface area contributed by atoms with Crippen LogP contribution in [0.3, 0.4) is 0 Å². The zero-order chi connectivity index (χ0) is 17.6. The highest BCUT2D eigenvalue weighted by atomic mass is 28.3. The van der Waals surface area contributed by atoms with E-state index < -0.39 is 8.07 Å². The van der Waals surface area contributed by atoms with E-state index in [4.69, 9.17) is 0 Å². The summed E-state index contributed by atoms with van der Waals surface area (Å²) in [5.74, 6) is 0. The highest BCUT2D eigenvalue weighted by Gasteiger charge is 2.57. The highest BCUT2D eigenvalue weighted by molar-refractivity contribution is 6.96. The number of hydrogen-bond donors (Lipinski definition) is 0. The summed E-state index contributed by atoms with van der Waals surface area (Å²) < 4.78 is 0. The van der Waals surface area contributed by atoms with Crippen molar-refractivity contribution in [3.05, 3.63) is 21.7 Å². The normalized spacial score (nSPS) is 21.3. The van der Waals surface area contributed by atoms with Crippen LogP contribution in [0, 0.1) is 10.8 Å². The minimum atomic E-state index is -1.43. The lowest BCUT2D eigenvalue weighted by Crippen LogP contribution is -2.51. The first kappa shape index (κ1) is 18.8. The maximum absolute atomic E-state index is 2.67. The van der Waals surface area contributed by atoms with Gasteiger partial charge in [0.2, 0.25) is 0 Å². The third-order valence-electron chi connectivity index (χ3n) is 5.92. The van der Waals surface area contributed by atoms with Gasteiger partial charge in [-0.1, -0.05) is 72.2 Å². The molecule has 1 saturated heterocycles. The number of rotatable bonds is 4. The molecule has 0 atom stereocenters. The Hall–Kier alpha value is -0.503. The predicted molar refractivity (Wildman–Crippen MR) is 106 cm³/mol. The molecule has 2 aliphatic heterocycles. The quantitative estimate of drug-likeness (QED) is 0.544. The first-order valence-corrected chi connectivity index (χ1v) is 12.2. The fourth-order valence-corrected chi connectivity index (χ4v) is 12.2. The van der Waals surface area contributed by atoms with Gasteiger partial charge >= 0.3 is 0 Å². The summed E-state index contributed by atoms with van der Waals surface area (Å²) in [4.78, 5) is 2.67. The van der Waals surface area contributed by atoms with Gasteiger partial charge in [0.05, 0.1) is 0 Å². The molecule has 1 fully saturated rings. The van der Waals surface area contributed by atoms with E-state index in [1.807, 2.05) is 10.4 Å². The minimum Gasteiger partial charge on any atom is -0.372 e. The Morgan fingerprint density at radius 2 is 1.30 bits per heavy atom. The molecule has 0 aromatic heterocycles. The Morgan fingerprint density at radius 3 is 1.57 bits per heavy atom. The van der Waals surface area contributed by atoms with Crippen LogP contribution in [-0.2, 0) is 0 Å². The molecule has 2 heterocycles. The van der Waals surface area contributed by atoms with Gasteiger partial charge in [-0.2, -0.15) is 0 Å². The molecule has 2 rings (SSSR count). The molecule has 0 aromatic carbocycles. The van der Waals surface area contributed by atoms with Gasteiger partial charge in [-0.05, 0) is 41.9 Å². The third-order valence-corrected chi connectivity index (χ3v) is 12.3. The van der Waals surface area contributed by atoms with Crippen LogP contribution in [-0.4, -0.2) is 26.1 Å². The molecule has 0 unspecified atom stereocenters. The minimum absolute atomic E-state index is 0.304. The summed E-state index contributed by atoms with van der Waals surface area (Å²) in [6, 6.07) is 3.00. The van der Waals surface area contributed by atoms with E-state index in [9.17, 15) is 0 Å². The maximum atomic E-state index is 2.67. The molecular formula is C21H39NSi. The summed E-state index contributed by atoms with van der Waals surface area (Å²) in [5.41, 5.74) is 4.04. The zero-order valence-electron chi connectivity index (χ0n) is 17.2. The molecule has 2 heteroatoms. The van der Waals surface area contributed by atoms with Crippen molar-refractivity contribution in [2.75, 3.05) is 13.1 Å². The number of allylic oxidation sites excluding steroid dienone is 3. The molecule has 2 aliphatic rings. The summed E-state index contributed by atoms with van der Waals surface area (Å²) in [5, 5.41) is 3.80. The molecule has 0 bridgehead atoms. The van der Waals surface area contributed by atoms with E-state index in [1.54, 1.807) is 11.3 Å². The molecule has 1 spiro atoms. The van der Waals surface area contributed by atoms with Gasteiger partial charge < -0.3 is 4.90 Å². The van der Waals surface area contributed by atoms with Gasteiger partial charge in [0.1, 0.15) is 8.07 Å². The van der Waals surface area contributed by atoms with E-state index >= 15 is 0 Å². The van der Waals surface area contributed by atoms with Gasteiger partial charge in [-0.15, -0.1) is 0 Å². The summed E-state index contributed by atoms with van der Waals surface area (Å²) in [6.07, 6.45) is 2.65. The number of nitrogens with zero attached hydrogens (tertiary/aromatic N) is 1. The van der Waals surface area contributed by atoms with E-state index in [2.05, 4.69) is 67.2 Å². The van der Waals surface area contributed by atoms with Crippen LogP contribution < -0.4 is 0 Å². The SMILES string of the molecule is CCC1=C(C(C)(C)C)[Si]2(CCC2)C(C(C)(C)C)=C1N(CC)CC. The molecule has 0 amide bonds. The first-order chi connectivity index (χ1) is 10.5. The first-order valence-electron chi connectivity index (χ1n) is 9.79. The lowest BCUT2D eigenvalue weighted by atomic mass is 9.88. The van der Waals surface area contributed by atoms with Crippen molar-refractivity contribution in [3.8, 4) is 0 Å². The van der Waals surface area contributed by atoms with Gasteiger partial charge in [-0.25, -0.2) is 0 Å². The van der Waals surface area contributed by atoms with E-state index in [-0.39, 0.29) is 0 Å². The summed E-state index contributed by atoms with van der Waals surface area (Å²) in [6.45, 7) is 24.1. The Labute approximate surface area is 146 Å². The molecule has 0 saturated carbocycles. The van der Waals surface area contributed by atoms with Crippen molar-refractivity contribution >= 4 is 8.07 Å². The van der Waals surface area contributed by atoms with Crippen LogP contribution in [0.25, 0.3) is 0 Å². The topological polar surface area (TPSA) is 3.24 Å². The maximum Gasteiger partial charge on any atom is 0.113 e. The summed E-state index contributed by atoms with van der Waals surface area (Å²) in [7, 11) is -1.43. The Bertz CT molecular complexity index is 517. The molecule has 0 radical (unpaired) electrons. The Kier molecular flexibility index (Phi) is 4.99. The molecule has 23 heavy (non-hydrogen) atoms. The third kappa shape index (κ3) is 2.86. The van der Waals surface area contributed by atoms with Crippen LogP contribution in [0.15, 0.2) is 21.7 Å². The highest BCUT2D eigenvalue weighted by Crippen LogP contribution is 2.61. The molecule has 0 aliphatic carbocycles. The van der Waals surface area contributed by atoms with Crippen molar-refractivity contribution in [2.24, 2.45) is 10.8 Å². The number of likely N-dealkylation sites (N-methyl/N-ethyl adjacent to an activating group) is 1. The van der Waals surface area contributed by atoms with Gasteiger partial charge in [0.25, 0.3) is 0 Å². The van der Waals surface area contributed by atoms with Gasteiger partial charge in [0.15, 0.2) is 0 Å². The fraction of sp³-hybridized carbons (Fsp3) is 0.810. The van der Waals surface area contributed by atoms with Crippen molar-refractivity contribution in [1.29, 1.82) is 0 Å². The Balaban J connectivity index is 2.80. The van der Waals surface area contributed by atoms with Crippen LogP contribution in [0.1, 0.15) is 75.2 Å². The monoisotopic (exact) mass is 333 g/mol. The van der Waals surface area contributed by atoms with Crippen LogP contribution in [0.2, 0.25) is 12.1 Å². The molecule has 132 valence electrons. The molecule has 0 N–H and O–H groups in total. The molecule has 0 aromatic rings. The smallest absolute Gasteiger partial charge is 0.113 e.